The molecule has 0 spiro atoms. The van der Waals surface area contributed by atoms with Gasteiger partial charge in [-0.3, -0.25) is 0 Å². The van der Waals surface area contributed by atoms with Crippen molar-refractivity contribution in [1.82, 2.24) is 0 Å². The van der Waals surface area contributed by atoms with Gasteiger partial charge in [0.25, 0.3) is 0 Å². The first-order chi connectivity index (χ1) is 8.84. The molecule has 0 saturated carbocycles. The number of benzene rings is 2. The molecule has 18 heavy (non-hydrogen) atoms. The summed E-state index contributed by atoms with van der Waals surface area (Å²) in [6, 6.07) is 17.8. The minimum atomic E-state index is 0.447. The van der Waals surface area contributed by atoms with E-state index in [2.05, 4.69) is 64.1 Å². The molecule has 0 saturated heterocycles. The number of hydrogen-bond donors (Lipinski definition) is 0. The summed E-state index contributed by atoms with van der Waals surface area (Å²) in [6.07, 6.45) is 0. The molecule has 86 valence electrons. The molecule has 0 bridgehead atoms. The van der Waals surface area contributed by atoms with Crippen LogP contribution in [0.4, 0.5) is 0 Å². The van der Waals surface area contributed by atoms with Crippen LogP contribution in [0.2, 0.25) is 0 Å². The fraction of sp³-hybridized carbons (Fsp3) is 0. The third-order valence-electron chi connectivity index (χ3n) is 3.13. The number of hydrogen-bond acceptors (Lipinski definition) is 0. The van der Waals surface area contributed by atoms with Crippen molar-refractivity contribution in [2.45, 2.75) is 0 Å². The van der Waals surface area contributed by atoms with Crippen LogP contribution >= 0.6 is 0 Å². The maximum absolute atomic E-state index is 3.33. The summed E-state index contributed by atoms with van der Waals surface area (Å²) in [5.41, 5.74) is 0. The number of fused-ring (bicyclic) bond motifs is 5. The van der Waals surface area contributed by atoms with Crippen molar-refractivity contribution in [3.63, 3.8) is 0 Å². The number of rotatable bonds is 0. The van der Waals surface area contributed by atoms with Gasteiger partial charge in [-0.2, -0.15) is 0 Å². The third-order valence-corrected chi connectivity index (χ3v) is 9.02. The van der Waals surface area contributed by atoms with Crippen molar-refractivity contribution in [3.8, 4) is 0 Å². The quantitative estimate of drug-likeness (QED) is 0.381. The minimum absolute atomic E-state index is 0.447. The molecule has 0 fully saturated rings. The van der Waals surface area contributed by atoms with Crippen molar-refractivity contribution in [2.24, 2.45) is 0 Å². The zero-order valence-corrected chi connectivity index (χ0v) is 14.5. The topological polar surface area (TPSA) is 0 Å². The van der Waals surface area contributed by atoms with Crippen LogP contribution in [0.15, 0.2) is 48.5 Å². The van der Waals surface area contributed by atoms with E-state index in [-0.39, 0.29) is 0 Å². The van der Waals surface area contributed by atoms with Gasteiger partial charge in [0.05, 0.1) is 0 Å². The van der Waals surface area contributed by atoms with Crippen LogP contribution < -0.4 is 0 Å². The van der Waals surface area contributed by atoms with Gasteiger partial charge in [0.2, 0.25) is 0 Å². The van der Waals surface area contributed by atoms with E-state index in [1.807, 2.05) is 0 Å². The van der Waals surface area contributed by atoms with E-state index >= 15 is 0 Å². The Morgan fingerprint density at radius 1 is 0.722 bits per heavy atom. The molecule has 0 nitrogen and oxygen atoms in total. The van der Waals surface area contributed by atoms with E-state index in [1.165, 1.54) is 27.6 Å². The van der Waals surface area contributed by atoms with E-state index in [9.17, 15) is 0 Å². The monoisotopic (exact) mass is 428 g/mol. The van der Waals surface area contributed by atoms with Gasteiger partial charge in [-0.25, -0.2) is 0 Å². The second-order valence-electron chi connectivity index (χ2n) is 4.19. The van der Waals surface area contributed by atoms with Crippen LogP contribution in [-0.4, -0.2) is 44.6 Å². The van der Waals surface area contributed by atoms with Gasteiger partial charge in [0.15, 0.2) is 0 Å². The van der Waals surface area contributed by atoms with Crippen molar-refractivity contribution in [2.75, 3.05) is 0 Å². The molecule has 2 heterocycles. The first-order valence-electron chi connectivity index (χ1n) is 5.68. The molecule has 0 radical (unpaired) electrons. The maximum atomic E-state index is 3.33. The van der Waals surface area contributed by atoms with Gasteiger partial charge < -0.3 is 0 Å². The summed E-state index contributed by atoms with van der Waals surface area (Å²) < 4.78 is 6.13. The molecule has 0 aliphatic heterocycles. The van der Waals surface area contributed by atoms with Gasteiger partial charge in [0.1, 0.15) is 0 Å². The van der Waals surface area contributed by atoms with Crippen LogP contribution in [0.3, 0.4) is 0 Å². The van der Waals surface area contributed by atoms with Crippen molar-refractivity contribution in [3.05, 3.63) is 51.5 Å². The Balaban J connectivity index is 2.42. The van der Waals surface area contributed by atoms with E-state index in [0.717, 1.165) is 0 Å². The normalized spacial score (nSPS) is 11.6. The van der Waals surface area contributed by atoms with E-state index in [4.69, 9.17) is 0 Å². The molecule has 0 unspecified atom stereocenters. The summed E-state index contributed by atoms with van der Waals surface area (Å²) in [6.45, 7) is 0. The molecular weight excluding hydrogens is 417 g/mol. The van der Waals surface area contributed by atoms with Gasteiger partial charge >= 0.3 is 125 Å². The first-order valence-corrected chi connectivity index (χ1v) is 9.96. The second kappa shape index (κ2) is 4.32. The summed E-state index contributed by atoms with van der Waals surface area (Å²) in [7, 11) is 0. The first kappa shape index (κ1) is 11.4. The van der Waals surface area contributed by atoms with Crippen molar-refractivity contribution >= 4 is 73.5 Å². The van der Waals surface area contributed by atoms with E-state index in [0.29, 0.717) is 29.0 Å². The van der Waals surface area contributed by atoms with Crippen LogP contribution in [0.1, 0.15) is 0 Å². The predicted octanol–water partition coefficient (Wildman–Crippen LogP) is 2.96. The summed E-state index contributed by atoms with van der Waals surface area (Å²) in [4.78, 5) is 0. The van der Waals surface area contributed by atoms with E-state index in [1.54, 1.807) is 4.26 Å². The average Bonchev–Trinajstić information content (AvgIpc) is 2.79. The molecular formula is C15H8Se3. The van der Waals surface area contributed by atoms with Crippen molar-refractivity contribution < 1.29 is 0 Å². The van der Waals surface area contributed by atoms with Crippen molar-refractivity contribution in [1.29, 1.82) is 0 Å². The molecule has 0 N–H and O–H groups in total. The summed E-state index contributed by atoms with van der Waals surface area (Å²) >= 11 is 4.24. The second-order valence-corrected chi connectivity index (χ2v) is 10.8. The van der Waals surface area contributed by atoms with Crippen LogP contribution in [-0.2, 0) is 0 Å². The molecule has 0 amide bonds. The fourth-order valence-electron chi connectivity index (χ4n) is 2.33. The Morgan fingerprint density at radius 2 is 1.33 bits per heavy atom. The molecule has 4 aromatic rings. The molecule has 0 aliphatic rings. The van der Waals surface area contributed by atoms with Gasteiger partial charge in [-0.05, 0) is 0 Å². The molecule has 2 aromatic heterocycles. The average molecular weight is 425 g/mol. The van der Waals surface area contributed by atoms with Gasteiger partial charge in [0, 0.05) is 0 Å². The standard InChI is InChI=1S/C15H8Se3/c16-15-13-9-5-1-3-7-11(9)17-14(13)10-6-2-4-8-12(10)18-15/h1-8H. The van der Waals surface area contributed by atoms with E-state index < -0.39 is 0 Å². The van der Waals surface area contributed by atoms with Gasteiger partial charge in [-0.15, -0.1) is 0 Å². The Bertz CT molecular complexity index is 944. The Kier molecular flexibility index (Phi) is 2.74. The molecule has 2 aromatic carbocycles. The zero-order valence-electron chi connectivity index (χ0n) is 9.34. The zero-order chi connectivity index (χ0) is 12.1. The summed E-state index contributed by atoms with van der Waals surface area (Å²) in [5, 5.41) is 4.49. The predicted molar refractivity (Wildman–Crippen MR) is 81.8 cm³/mol. The Labute approximate surface area is 124 Å². The Hall–Kier alpha value is -0.392. The molecule has 0 atom stereocenters. The fourth-order valence-corrected chi connectivity index (χ4v) is 9.33. The van der Waals surface area contributed by atoms with Crippen LogP contribution in [0.5, 0.6) is 0 Å². The third kappa shape index (κ3) is 1.60. The van der Waals surface area contributed by atoms with Gasteiger partial charge in [-0.1, -0.05) is 0 Å². The molecule has 4 rings (SSSR count). The summed E-state index contributed by atoms with van der Waals surface area (Å²) in [5.74, 6) is 0. The Morgan fingerprint density at radius 3 is 2.11 bits per heavy atom. The molecule has 0 aliphatic carbocycles. The van der Waals surface area contributed by atoms with Crippen LogP contribution in [0, 0.1) is 2.94 Å². The molecule has 3 heteroatoms. The SMILES string of the molecule is [Se]=c1[se]c2ccccc2c2[se]c3ccccc3c12. The van der Waals surface area contributed by atoms with Crippen LogP contribution in [0.25, 0.3) is 28.9 Å².